The third-order valence-corrected chi connectivity index (χ3v) is 3.46. The van der Waals surface area contributed by atoms with Crippen LogP contribution in [0.1, 0.15) is 18.2 Å². The lowest BCUT2D eigenvalue weighted by Gasteiger charge is -2.15. The van der Waals surface area contributed by atoms with Crippen molar-refractivity contribution in [1.82, 2.24) is 9.78 Å². The monoisotopic (exact) mass is 340 g/mol. The fourth-order valence-corrected chi connectivity index (χ4v) is 2.31. The number of halogens is 2. The molecule has 0 bridgehead atoms. The first-order chi connectivity index (χ1) is 10.9. The number of ether oxygens (including phenoxy) is 1. The zero-order valence-electron chi connectivity index (χ0n) is 13.1. The number of aromatic nitrogens is 2. The van der Waals surface area contributed by atoms with Crippen LogP contribution in [0, 0.1) is 13.8 Å². The van der Waals surface area contributed by atoms with E-state index in [1.54, 1.807) is 25.3 Å². The minimum absolute atomic E-state index is 0.0464. The van der Waals surface area contributed by atoms with Gasteiger partial charge in [0.05, 0.1) is 23.3 Å². The molecule has 23 heavy (non-hydrogen) atoms. The van der Waals surface area contributed by atoms with Gasteiger partial charge in [-0.3, -0.25) is 4.68 Å². The molecule has 1 aromatic heterocycles. The van der Waals surface area contributed by atoms with E-state index < -0.39 is 6.61 Å². The van der Waals surface area contributed by atoms with Gasteiger partial charge in [-0.05, 0) is 50.7 Å². The number of alkyl halides is 2. The molecule has 0 unspecified atom stereocenters. The Kier molecular flexibility index (Phi) is 5.49. The Balaban J connectivity index is 2.12. The number of hydrogen-bond acceptors (Lipinski definition) is 3. The zero-order chi connectivity index (χ0) is 17.0. The van der Waals surface area contributed by atoms with Crippen molar-refractivity contribution < 1.29 is 13.5 Å². The van der Waals surface area contributed by atoms with Crippen molar-refractivity contribution in [3.05, 3.63) is 35.7 Å². The molecule has 0 saturated carbocycles. The van der Waals surface area contributed by atoms with Crippen LogP contribution in [0.2, 0.25) is 0 Å². The van der Waals surface area contributed by atoms with Crippen LogP contribution in [0.3, 0.4) is 0 Å². The van der Waals surface area contributed by atoms with Gasteiger partial charge in [0.1, 0.15) is 5.75 Å². The summed E-state index contributed by atoms with van der Waals surface area (Å²) in [6.07, 6.45) is 1.67. The first-order valence-electron chi connectivity index (χ1n) is 7.06. The number of aryl methyl sites for hydroxylation is 2. The van der Waals surface area contributed by atoms with Crippen molar-refractivity contribution in [1.29, 1.82) is 0 Å². The highest BCUT2D eigenvalue weighted by atomic mass is 32.1. The minimum atomic E-state index is -2.90. The Morgan fingerprint density at radius 2 is 2.00 bits per heavy atom. The molecule has 2 N–H and O–H groups in total. The molecule has 1 aromatic carbocycles. The molecule has 5 nitrogen and oxygen atoms in total. The Labute approximate surface area is 138 Å². The summed E-state index contributed by atoms with van der Waals surface area (Å²) < 4.78 is 31.3. The van der Waals surface area contributed by atoms with Crippen LogP contribution in [0.5, 0.6) is 5.75 Å². The third kappa shape index (κ3) is 4.38. The van der Waals surface area contributed by atoms with E-state index in [0.717, 1.165) is 23.5 Å². The Hall–Kier alpha value is -2.22. The summed E-state index contributed by atoms with van der Waals surface area (Å²) in [5.74, 6) is 0.0464. The number of hydrogen-bond donors (Lipinski definition) is 2. The van der Waals surface area contributed by atoms with E-state index >= 15 is 0 Å². The standard InChI is InChI=1S/C15H18F2N4OS/c1-4-21-10(3)12(8-18-21)20-15(23)19-11-6-5-9(2)7-13(11)22-14(16)17/h5-8,14H,4H2,1-3H3,(H2,19,20,23). The second-order valence-corrected chi connectivity index (χ2v) is 5.32. The van der Waals surface area contributed by atoms with Gasteiger partial charge in [0.15, 0.2) is 5.11 Å². The summed E-state index contributed by atoms with van der Waals surface area (Å²) in [6.45, 7) is 3.54. The average Bonchev–Trinajstić information content (AvgIpc) is 2.82. The van der Waals surface area contributed by atoms with Gasteiger partial charge in [-0.1, -0.05) is 6.07 Å². The summed E-state index contributed by atoms with van der Waals surface area (Å²) in [6, 6.07) is 4.95. The second kappa shape index (κ2) is 7.36. The van der Waals surface area contributed by atoms with Crippen molar-refractivity contribution in [3.63, 3.8) is 0 Å². The maximum atomic E-state index is 12.5. The second-order valence-electron chi connectivity index (χ2n) is 4.92. The molecule has 0 atom stereocenters. The van der Waals surface area contributed by atoms with Crippen LogP contribution in [0.25, 0.3) is 0 Å². The minimum Gasteiger partial charge on any atom is -0.433 e. The third-order valence-electron chi connectivity index (χ3n) is 3.25. The van der Waals surface area contributed by atoms with Crippen LogP contribution >= 0.6 is 12.2 Å². The Morgan fingerprint density at radius 1 is 1.30 bits per heavy atom. The summed E-state index contributed by atoms with van der Waals surface area (Å²) in [5, 5.41) is 10.3. The summed E-state index contributed by atoms with van der Waals surface area (Å²) in [5.41, 5.74) is 2.87. The molecule has 8 heteroatoms. The molecule has 2 aromatic rings. The van der Waals surface area contributed by atoms with Gasteiger partial charge in [0.25, 0.3) is 0 Å². The van der Waals surface area contributed by atoms with E-state index in [1.807, 2.05) is 18.5 Å². The Morgan fingerprint density at radius 3 is 2.61 bits per heavy atom. The number of rotatable bonds is 5. The number of nitrogens with one attached hydrogen (secondary N) is 2. The van der Waals surface area contributed by atoms with E-state index in [2.05, 4.69) is 20.5 Å². The van der Waals surface area contributed by atoms with Crippen molar-refractivity contribution in [2.75, 3.05) is 10.6 Å². The van der Waals surface area contributed by atoms with E-state index in [4.69, 9.17) is 12.2 Å². The summed E-state index contributed by atoms with van der Waals surface area (Å²) in [7, 11) is 0. The highest BCUT2D eigenvalue weighted by Crippen LogP contribution is 2.27. The molecule has 124 valence electrons. The van der Waals surface area contributed by atoms with Gasteiger partial charge in [-0.15, -0.1) is 0 Å². The first-order valence-corrected chi connectivity index (χ1v) is 7.47. The van der Waals surface area contributed by atoms with Gasteiger partial charge in [-0.25, -0.2) is 0 Å². The van der Waals surface area contributed by atoms with Crippen LogP contribution in [-0.4, -0.2) is 21.5 Å². The maximum Gasteiger partial charge on any atom is 0.387 e. The van der Waals surface area contributed by atoms with Crippen molar-refractivity contribution in [3.8, 4) is 5.75 Å². The van der Waals surface area contributed by atoms with Gasteiger partial charge in [0.2, 0.25) is 0 Å². The van der Waals surface area contributed by atoms with E-state index in [-0.39, 0.29) is 10.9 Å². The van der Waals surface area contributed by atoms with Gasteiger partial charge in [0, 0.05) is 6.54 Å². The van der Waals surface area contributed by atoms with Gasteiger partial charge >= 0.3 is 6.61 Å². The largest absolute Gasteiger partial charge is 0.433 e. The average molecular weight is 340 g/mol. The lowest BCUT2D eigenvalue weighted by Crippen LogP contribution is -2.20. The topological polar surface area (TPSA) is 51.1 Å². The SMILES string of the molecule is CCn1ncc(NC(=S)Nc2ccc(C)cc2OC(F)F)c1C. The fourth-order valence-electron chi connectivity index (χ4n) is 2.09. The van der Waals surface area contributed by atoms with E-state index in [0.29, 0.717) is 5.69 Å². The molecule has 0 saturated heterocycles. The predicted octanol–water partition coefficient (Wildman–Crippen LogP) is 3.93. The molecular formula is C15H18F2N4OS. The van der Waals surface area contributed by atoms with E-state index in [9.17, 15) is 8.78 Å². The smallest absolute Gasteiger partial charge is 0.387 e. The molecule has 0 spiro atoms. The van der Waals surface area contributed by atoms with Gasteiger partial charge in [-0.2, -0.15) is 13.9 Å². The summed E-state index contributed by atoms with van der Waals surface area (Å²) >= 11 is 5.23. The van der Waals surface area contributed by atoms with Crippen molar-refractivity contribution in [2.24, 2.45) is 0 Å². The lowest BCUT2D eigenvalue weighted by molar-refractivity contribution is -0.0493. The Bertz CT molecular complexity index is 703. The molecule has 0 aliphatic carbocycles. The number of benzene rings is 1. The zero-order valence-corrected chi connectivity index (χ0v) is 13.9. The number of thiocarbonyl (C=S) groups is 1. The van der Waals surface area contributed by atoms with Crippen molar-refractivity contribution in [2.45, 2.75) is 33.9 Å². The summed E-state index contributed by atoms with van der Waals surface area (Å²) in [4.78, 5) is 0. The van der Waals surface area contributed by atoms with Crippen LogP contribution in [-0.2, 0) is 6.54 Å². The molecule has 0 aliphatic rings. The molecule has 0 fully saturated rings. The van der Waals surface area contributed by atoms with Gasteiger partial charge < -0.3 is 15.4 Å². The fraction of sp³-hybridized carbons (Fsp3) is 0.333. The quantitative estimate of drug-likeness (QED) is 0.808. The number of anilines is 2. The molecule has 0 aliphatic heterocycles. The molecule has 1 heterocycles. The predicted molar refractivity (Wildman–Crippen MR) is 90.3 cm³/mol. The molecule has 0 amide bonds. The molecule has 0 radical (unpaired) electrons. The molecule has 2 rings (SSSR count). The van der Waals surface area contributed by atoms with Crippen LogP contribution in [0.4, 0.5) is 20.2 Å². The van der Waals surface area contributed by atoms with Crippen molar-refractivity contribution >= 4 is 28.7 Å². The normalized spacial score (nSPS) is 10.7. The number of nitrogens with zero attached hydrogens (tertiary/aromatic N) is 2. The highest BCUT2D eigenvalue weighted by Gasteiger charge is 2.12. The maximum absolute atomic E-state index is 12.5. The highest BCUT2D eigenvalue weighted by molar-refractivity contribution is 7.80. The van der Waals surface area contributed by atoms with Crippen LogP contribution < -0.4 is 15.4 Å². The van der Waals surface area contributed by atoms with E-state index in [1.165, 1.54) is 6.07 Å². The molecular weight excluding hydrogens is 322 g/mol. The first kappa shape index (κ1) is 17.1. The lowest BCUT2D eigenvalue weighted by atomic mass is 10.2. The van der Waals surface area contributed by atoms with Crippen LogP contribution in [0.15, 0.2) is 24.4 Å².